The topological polar surface area (TPSA) is 32.3 Å². The van der Waals surface area contributed by atoms with Crippen LogP contribution in [0.25, 0.3) is 0 Å². The molecule has 4 heteroatoms. The number of carbonyl (C=O) groups excluding carboxylic acids is 1. The number of hydrogen-bond donors (Lipinski definition) is 1. The molecular weight excluding hydrogens is 244 g/mol. The lowest BCUT2D eigenvalue weighted by atomic mass is 9.94. The van der Waals surface area contributed by atoms with Crippen molar-refractivity contribution in [1.82, 2.24) is 10.2 Å². The van der Waals surface area contributed by atoms with Crippen molar-refractivity contribution in [3.8, 4) is 0 Å². The molecule has 18 heavy (non-hydrogen) atoms. The minimum atomic E-state index is 0.193. The van der Waals surface area contributed by atoms with E-state index in [0.717, 1.165) is 12.6 Å². The van der Waals surface area contributed by atoms with Gasteiger partial charge in [-0.25, -0.2) is 0 Å². The van der Waals surface area contributed by atoms with E-state index in [9.17, 15) is 4.79 Å². The van der Waals surface area contributed by atoms with Crippen LogP contribution in [0.3, 0.4) is 0 Å². The van der Waals surface area contributed by atoms with Crippen LogP contribution >= 0.6 is 11.8 Å². The van der Waals surface area contributed by atoms with Gasteiger partial charge < -0.3 is 10.2 Å². The zero-order chi connectivity index (χ0) is 12.8. The molecular formula is C14H26N2OS. The molecule has 1 heterocycles. The lowest BCUT2D eigenvalue weighted by Gasteiger charge is -2.31. The molecule has 1 amide bonds. The number of hydrogen-bond acceptors (Lipinski definition) is 3. The van der Waals surface area contributed by atoms with E-state index in [0.29, 0.717) is 11.7 Å². The molecule has 0 spiro atoms. The second kappa shape index (κ2) is 7.39. The zero-order valence-corrected chi connectivity index (χ0v) is 12.3. The first-order chi connectivity index (χ1) is 8.79. The van der Waals surface area contributed by atoms with Crippen LogP contribution in [-0.2, 0) is 4.79 Å². The molecule has 3 nitrogen and oxygen atoms in total. The molecule has 104 valence electrons. The van der Waals surface area contributed by atoms with Crippen LogP contribution in [0.4, 0.5) is 0 Å². The maximum Gasteiger partial charge on any atom is 0.229 e. The monoisotopic (exact) mass is 270 g/mol. The second-order valence-electron chi connectivity index (χ2n) is 5.68. The van der Waals surface area contributed by atoms with Gasteiger partial charge in [0.15, 0.2) is 0 Å². The molecule has 0 unspecified atom stereocenters. The molecule has 2 rings (SSSR count). The predicted molar refractivity (Wildman–Crippen MR) is 77.9 cm³/mol. The summed E-state index contributed by atoms with van der Waals surface area (Å²) in [5, 5.41) is 3.06. The molecule has 1 saturated carbocycles. The zero-order valence-electron chi connectivity index (χ0n) is 11.5. The summed E-state index contributed by atoms with van der Waals surface area (Å²) >= 11 is 1.59. The lowest BCUT2D eigenvalue weighted by Crippen LogP contribution is -2.36. The van der Waals surface area contributed by atoms with Crippen LogP contribution < -0.4 is 5.32 Å². The lowest BCUT2D eigenvalue weighted by molar-refractivity contribution is -0.118. The highest BCUT2D eigenvalue weighted by Gasteiger charge is 2.28. The third-order valence-electron chi connectivity index (χ3n) is 4.27. The van der Waals surface area contributed by atoms with Crippen molar-refractivity contribution in [2.24, 2.45) is 5.92 Å². The second-order valence-corrected chi connectivity index (χ2v) is 6.54. The minimum Gasteiger partial charge on any atom is -0.355 e. The molecule has 2 aliphatic rings. The van der Waals surface area contributed by atoms with Crippen LogP contribution in [0, 0.1) is 5.92 Å². The van der Waals surface area contributed by atoms with Crippen molar-refractivity contribution in [3.63, 3.8) is 0 Å². The van der Waals surface area contributed by atoms with Gasteiger partial charge >= 0.3 is 0 Å². The molecule has 1 aliphatic heterocycles. The number of thioether (sulfide) groups is 1. The van der Waals surface area contributed by atoms with E-state index in [4.69, 9.17) is 0 Å². The number of nitrogens with zero attached hydrogens (tertiary/aromatic N) is 1. The summed E-state index contributed by atoms with van der Waals surface area (Å²) in [5.41, 5.74) is 0. The molecule has 0 aromatic heterocycles. The standard InChI is InChI=1S/C14H26N2OS/c1-18-11-14(17)15-9-12-7-8-16(10-12)13-5-3-2-4-6-13/h12-13H,2-11H2,1H3,(H,15,17)/t12-/m1/s1. The quantitative estimate of drug-likeness (QED) is 0.830. The Hall–Kier alpha value is -0.220. The summed E-state index contributed by atoms with van der Waals surface area (Å²) in [7, 11) is 0. The van der Waals surface area contributed by atoms with Gasteiger partial charge in [-0.1, -0.05) is 19.3 Å². The first-order valence-corrected chi connectivity index (χ1v) is 8.68. The van der Waals surface area contributed by atoms with Crippen molar-refractivity contribution in [2.75, 3.05) is 31.6 Å². The third-order valence-corrected chi connectivity index (χ3v) is 4.82. The number of likely N-dealkylation sites (tertiary alicyclic amines) is 1. The van der Waals surface area contributed by atoms with Gasteiger partial charge in [-0.15, -0.1) is 0 Å². The molecule has 1 saturated heterocycles. The number of amides is 1. The maximum atomic E-state index is 11.4. The molecule has 2 fully saturated rings. The smallest absolute Gasteiger partial charge is 0.229 e. The molecule has 1 atom stereocenters. The Morgan fingerprint density at radius 1 is 1.28 bits per heavy atom. The highest BCUT2D eigenvalue weighted by molar-refractivity contribution is 7.99. The molecule has 1 aliphatic carbocycles. The van der Waals surface area contributed by atoms with Gasteiger partial charge in [0.1, 0.15) is 0 Å². The van der Waals surface area contributed by atoms with Gasteiger partial charge in [-0.05, 0) is 38.0 Å². The molecule has 1 N–H and O–H groups in total. The molecule has 0 aromatic rings. The summed E-state index contributed by atoms with van der Waals surface area (Å²) in [6.45, 7) is 3.32. The van der Waals surface area contributed by atoms with Gasteiger partial charge in [-0.3, -0.25) is 4.79 Å². The molecule has 0 radical (unpaired) electrons. The first-order valence-electron chi connectivity index (χ1n) is 7.29. The Labute approximate surface area is 115 Å². The Morgan fingerprint density at radius 3 is 2.78 bits per heavy atom. The fraction of sp³-hybridized carbons (Fsp3) is 0.929. The van der Waals surface area contributed by atoms with E-state index < -0.39 is 0 Å². The first kappa shape index (κ1) is 14.2. The predicted octanol–water partition coefficient (Wildman–Crippen LogP) is 2.12. The Bertz CT molecular complexity index is 267. The Kier molecular flexibility index (Phi) is 5.83. The van der Waals surface area contributed by atoms with Gasteiger partial charge in [-0.2, -0.15) is 11.8 Å². The van der Waals surface area contributed by atoms with Crippen LogP contribution in [-0.4, -0.2) is 48.5 Å². The Morgan fingerprint density at radius 2 is 2.06 bits per heavy atom. The van der Waals surface area contributed by atoms with E-state index in [1.165, 1.54) is 51.6 Å². The minimum absolute atomic E-state index is 0.193. The number of carbonyl (C=O) groups is 1. The normalized spacial score (nSPS) is 26.4. The average molecular weight is 270 g/mol. The largest absolute Gasteiger partial charge is 0.355 e. The van der Waals surface area contributed by atoms with E-state index >= 15 is 0 Å². The van der Waals surface area contributed by atoms with Crippen molar-refractivity contribution >= 4 is 17.7 Å². The Balaban J connectivity index is 1.66. The van der Waals surface area contributed by atoms with E-state index in [1.54, 1.807) is 11.8 Å². The SMILES string of the molecule is CSCC(=O)NC[C@H]1CCN(C2CCCCC2)C1. The van der Waals surface area contributed by atoms with Crippen LogP contribution in [0.15, 0.2) is 0 Å². The fourth-order valence-corrected chi connectivity index (χ4v) is 3.61. The number of nitrogens with one attached hydrogen (secondary N) is 1. The fourth-order valence-electron chi connectivity index (χ4n) is 3.25. The average Bonchev–Trinajstić information content (AvgIpc) is 2.87. The van der Waals surface area contributed by atoms with Gasteiger partial charge in [0.05, 0.1) is 5.75 Å². The van der Waals surface area contributed by atoms with E-state index in [-0.39, 0.29) is 5.91 Å². The number of rotatable bonds is 5. The molecule has 0 bridgehead atoms. The highest BCUT2D eigenvalue weighted by atomic mass is 32.2. The highest BCUT2D eigenvalue weighted by Crippen LogP contribution is 2.27. The summed E-state index contributed by atoms with van der Waals surface area (Å²) in [4.78, 5) is 14.1. The molecule has 0 aromatic carbocycles. The van der Waals surface area contributed by atoms with Crippen molar-refractivity contribution in [3.05, 3.63) is 0 Å². The van der Waals surface area contributed by atoms with Gasteiger partial charge in [0, 0.05) is 19.1 Å². The summed E-state index contributed by atoms with van der Waals surface area (Å²) in [6, 6.07) is 0.839. The van der Waals surface area contributed by atoms with Crippen LogP contribution in [0.2, 0.25) is 0 Å². The summed E-state index contributed by atoms with van der Waals surface area (Å²) in [5.74, 6) is 1.47. The van der Waals surface area contributed by atoms with E-state index in [2.05, 4.69) is 10.2 Å². The van der Waals surface area contributed by atoms with Crippen molar-refractivity contribution in [2.45, 2.75) is 44.6 Å². The van der Waals surface area contributed by atoms with Crippen molar-refractivity contribution in [1.29, 1.82) is 0 Å². The third kappa shape index (κ3) is 4.16. The van der Waals surface area contributed by atoms with Crippen LogP contribution in [0.5, 0.6) is 0 Å². The maximum absolute atomic E-state index is 11.4. The van der Waals surface area contributed by atoms with E-state index in [1.807, 2.05) is 6.26 Å². The van der Waals surface area contributed by atoms with Crippen molar-refractivity contribution < 1.29 is 4.79 Å². The van der Waals surface area contributed by atoms with Gasteiger partial charge in [0.2, 0.25) is 5.91 Å². The summed E-state index contributed by atoms with van der Waals surface area (Å²) in [6.07, 6.45) is 10.3. The van der Waals surface area contributed by atoms with Crippen LogP contribution in [0.1, 0.15) is 38.5 Å². The summed E-state index contributed by atoms with van der Waals surface area (Å²) < 4.78 is 0. The van der Waals surface area contributed by atoms with Gasteiger partial charge in [0.25, 0.3) is 0 Å².